The molecule has 146 valence electrons. The van der Waals surface area contributed by atoms with Crippen LogP contribution in [0.4, 0.5) is 10.5 Å². The molecule has 7 heteroatoms. The minimum atomic E-state index is -1.23. The third-order valence-corrected chi connectivity index (χ3v) is 4.88. The Balaban J connectivity index is 1.46. The number of rotatable bonds is 5. The van der Waals surface area contributed by atoms with E-state index in [1.165, 1.54) is 6.26 Å². The van der Waals surface area contributed by atoms with Gasteiger partial charge in [0, 0.05) is 11.3 Å². The molecule has 2 aromatic carbocycles. The minimum absolute atomic E-state index is 0.0988. The number of urea groups is 1. The SMILES string of the molecule is C[C@]1(c2ccco2)NC(=O)N(Cc2ccc(C(=O)Nc3ccccc3)cc2)C1=O. The number of anilines is 1. The first-order valence-corrected chi connectivity index (χ1v) is 9.11. The standard InChI is InChI=1S/C22H19N3O4/c1-22(18-8-5-13-29-18)20(27)25(21(28)24-22)14-15-9-11-16(12-10-15)19(26)23-17-6-3-2-4-7-17/h2-13H,14H2,1H3,(H,23,26)(H,24,28)/t22-/m1/s1. The van der Waals surface area contributed by atoms with Gasteiger partial charge in [-0.2, -0.15) is 0 Å². The minimum Gasteiger partial charge on any atom is -0.466 e. The van der Waals surface area contributed by atoms with Crippen LogP contribution in [0.1, 0.15) is 28.6 Å². The molecule has 1 fully saturated rings. The summed E-state index contributed by atoms with van der Waals surface area (Å²) in [6.45, 7) is 1.71. The molecular weight excluding hydrogens is 370 g/mol. The molecule has 1 aromatic heterocycles. The predicted octanol–water partition coefficient (Wildman–Crippen LogP) is 3.50. The lowest BCUT2D eigenvalue weighted by atomic mass is 9.99. The number of para-hydroxylation sites is 1. The number of hydrogen-bond acceptors (Lipinski definition) is 4. The third kappa shape index (κ3) is 3.50. The molecule has 0 aliphatic carbocycles. The van der Waals surface area contributed by atoms with Crippen LogP contribution >= 0.6 is 0 Å². The van der Waals surface area contributed by atoms with E-state index in [4.69, 9.17) is 4.42 Å². The van der Waals surface area contributed by atoms with Gasteiger partial charge in [-0.3, -0.25) is 14.5 Å². The first-order chi connectivity index (χ1) is 14.0. The van der Waals surface area contributed by atoms with Crippen LogP contribution in [0.5, 0.6) is 0 Å². The zero-order valence-electron chi connectivity index (χ0n) is 15.7. The van der Waals surface area contributed by atoms with E-state index in [1.807, 2.05) is 18.2 Å². The summed E-state index contributed by atoms with van der Waals surface area (Å²) in [4.78, 5) is 38.7. The van der Waals surface area contributed by atoms with Crippen LogP contribution in [0.3, 0.4) is 0 Å². The van der Waals surface area contributed by atoms with Crippen molar-refractivity contribution in [2.45, 2.75) is 19.0 Å². The van der Waals surface area contributed by atoms with E-state index in [1.54, 1.807) is 55.5 Å². The number of hydrogen-bond donors (Lipinski definition) is 2. The van der Waals surface area contributed by atoms with Crippen LogP contribution in [0.2, 0.25) is 0 Å². The Morgan fingerprint density at radius 3 is 2.41 bits per heavy atom. The lowest BCUT2D eigenvalue weighted by Gasteiger charge is -2.19. The maximum atomic E-state index is 12.8. The van der Waals surface area contributed by atoms with Crippen LogP contribution in [0, 0.1) is 0 Å². The van der Waals surface area contributed by atoms with Gasteiger partial charge in [-0.05, 0) is 48.9 Å². The van der Waals surface area contributed by atoms with Crippen molar-refractivity contribution in [2.75, 3.05) is 5.32 Å². The van der Waals surface area contributed by atoms with Crippen LogP contribution in [-0.2, 0) is 16.9 Å². The average Bonchev–Trinajstić information content (AvgIpc) is 3.34. The summed E-state index contributed by atoms with van der Waals surface area (Å²) in [5.41, 5.74) is 0.692. The van der Waals surface area contributed by atoms with Gasteiger partial charge in [-0.25, -0.2) is 4.79 Å². The smallest absolute Gasteiger partial charge is 0.325 e. The van der Waals surface area contributed by atoms with Crippen molar-refractivity contribution in [1.82, 2.24) is 10.2 Å². The van der Waals surface area contributed by atoms with Crippen molar-refractivity contribution in [3.05, 3.63) is 89.9 Å². The second-order valence-electron chi connectivity index (χ2n) is 6.94. The Labute approximate surface area is 167 Å². The van der Waals surface area contributed by atoms with Crippen molar-refractivity contribution in [1.29, 1.82) is 0 Å². The van der Waals surface area contributed by atoms with E-state index in [-0.39, 0.29) is 18.4 Å². The average molecular weight is 389 g/mol. The Morgan fingerprint density at radius 1 is 1.03 bits per heavy atom. The highest BCUT2D eigenvalue weighted by Crippen LogP contribution is 2.30. The highest BCUT2D eigenvalue weighted by molar-refractivity contribution is 6.07. The number of imide groups is 1. The van der Waals surface area contributed by atoms with Crippen molar-refractivity contribution >= 4 is 23.5 Å². The number of furan rings is 1. The number of carbonyl (C=O) groups is 3. The Morgan fingerprint density at radius 2 is 1.76 bits per heavy atom. The Kier molecular flexibility index (Phi) is 4.64. The molecule has 2 N–H and O–H groups in total. The normalized spacial score (nSPS) is 18.6. The summed E-state index contributed by atoms with van der Waals surface area (Å²) in [7, 11) is 0. The number of amides is 4. The third-order valence-electron chi connectivity index (χ3n) is 4.88. The summed E-state index contributed by atoms with van der Waals surface area (Å²) in [6, 6.07) is 18.8. The first kappa shape index (κ1) is 18.5. The molecule has 2 heterocycles. The zero-order valence-corrected chi connectivity index (χ0v) is 15.7. The lowest BCUT2D eigenvalue weighted by molar-refractivity contribution is -0.132. The molecule has 3 aromatic rings. The molecular formula is C22H19N3O4. The fourth-order valence-corrected chi connectivity index (χ4v) is 3.24. The van der Waals surface area contributed by atoms with Gasteiger partial charge in [0.2, 0.25) is 0 Å². The predicted molar refractivity (Wildman–Crippen MR) is 106 cm³/mol. The van der Waals surface area contributed by atoms with Gasteiger partial charge in [0.1, 0.15) is 5.76 Å². The quantitative estimate of drug-likeness (QED) is 0.654. The molecule has 29 heavy (non-hydrogen) atoms. The van der Waals surface area contributed by atoms with Gasteiger partial charge >= 0.3 is 6.03 Å². The summed E-state index contributed by atoms with van der Waals surface area (Å²) in [6.07, 6.45) is 1.46. The summed E-state index contributed by atoms with van der Waals surface area (Å²) in [5.74, 6) is -0.238. The molecule has 1 aliphatic rings. The fourth-order valence-electron chi connectivity index (χ4n) is 3.24. The molecule has 0 spiro atoms. The lowest BCUT2D eigenvalue weighted by Crippen LogP contribution is -2.40. The van der Waals surface area contributed by atoms with E-state index >= 15 is 0 Å². The van der Waals surface area contributed by atoms with Gasteiger partial charge in [0.05, 0.1) is 12.8 Å². The first-order valence-electron chi connectivity index (χ1n) is 9.11. The van der Waals surface area contributed by atoms with Crippen molar-refractivity contribution in [3.63, 3.8) is 0 Å². The van der Waals surface area contributed by atoms with E-state index in [0.29, 0.717) is 17.0 Å². The van der Waals surface area contributed by atoms with E-state index < -0.39 is 11.6 Å². The van der Waals surface area contributed by atoms with E-state index in [2.05, 4.69) is 10.6 Å². The van der Waals surface area contributed by atoms with E-state index in [9.17, 15) is 14.4 Å². The second kappa shape index (κ2) is 7.27. The highest BCUT2D eigenvalue weighted by atomic mass is 16.3. The summed E-state index contributed by atoms with van der Waals surface area (Å²) in [5, 5.41) is 5.50. The van der Waals surface area contributed by atoms with Crippen LogP contribution < -0.4 is 10.6 Å². The zero-order chi connectivity index (χ0) is 20.4. The maximum absolute atomic E-state index is 12.8. The van der Waals surface area contributed by atoms with Gasteiger partial charge in [-0.15, -0.1) is 0 Å². The Bertz CT molecular complexity index is 1050. The number of benzene rings is 2. The van der Waals surface area contributed by atoms with Gasteiger partial charge < -0.3 is 15.1 Å². The molecule has 7 nitrogen and oxygen atoms in total. The second-order valence-corrected chi connectivity index (χ2v) is 6.94. The number of nitrogens with zero attached hydrogens (tertiary/aromatic N) is 1. The van der Waals surface area contributed by atoms with Gasteiger partial charge in [0.25, 0.3) is 11.8 Å². The summed E-state index contributed by atoms with van der Waals surface area (Å²) >= 11 is 0. The highest BCUT2D eigenvalue weighted by Gasteiger charge is 2.50. The molecule has 1 atom stereocenters. The molecule has 0 bridgehead atoms. The Hall–Kier alpha value is -3.87. The number of nitrogens with one attached hydrogen (secondary N) is 2. The molecule has 1 aliphatic heterocycles. The monoisotopic (exact) mass is 389 g/mol. The van der Waals surface area contributed by atoms with Crippen molar-refractivity contribution < 1.29 is 18.8 Å². The van der Waals surface area contributed by atoms with Crippen LogP contribution in [0.25, 0.3) is 0 Å². The van der Waals surface area contributed by atoms with Crippen molar-refractivity contribution in [3.8, 4) is 0 Å². The van der Waals surface area contributed by atoms with Crippen LogP contribution in [-0.4, -0.2) is 22.7 Å². The van der Waals surface area contributed by atoms with Crippen LogP contribution in [0.15, 0.2) is 77.4 Å². The largest absolute Gasteiger partial charge is 0.466 e. The molecule has 4 amide bonds. The fraction of sp³-hybridized carbons (Fsp3) is 0.136. The molecule has 0 radical (unpaired) electrons. The molecule has 1 saturated heterocycles. The van der Waals surface area contributed by atoms with Gasteiger partial charge in [0.15, 0.2) is 5.54 Å². The summed E-state index contributed by atoms with van der Waals surface area (Å²) < 4.78 is 5.32. The molecule has 0 unspecified atom stereocenters. The topological polar surface area (TPSA) is 91.7 Å². The molecule has 0 saturated carbocycles. The van der Waals surface area contributed by atoms with Crippen molar-refractivity contribution in [2.24, 2.45) is 0 Å². The number of carbonyl (C=O) groups excluding carboxylic acids is 3. The maximum Gasteiger partial charge on any atom is 0.325 e. The van der Waals surface area contributed by atoms with Gasteiger partial charge in [-0.1, -0.05) is 30.3 Å². The van der Waals surface area contributed by atoms with E-state index in [0.717, 1.165) is 10.5 Å². The molecule has 4 rings (SSSR count).